The summed E-state index contributed by atoms with van der Waals surface area (Å²) in [4.78, 5) is 12.2. The number of aromatic nitrogens is 3. The van der Waals surface area contributed by atoms with Gasteiger partial charge in [-0.15, -0.1) is 0 Å². The van der Waals surface area contributed by atoms with Crippen molar-refractivity contribution in [1.82, 2.24) is 15.0 Å². The Morgan fingerprint density at radius 1 is 1.10 bits per heavy atom. The number of hydrogen-bond donors (Lipinski definition) is 2. The molecule has 1 aromatic rings. The van der Waals surface area contributed by atoms with Crippen molar-refractivity contribution in [3.05, 3.63) is 5.28 Å². The van der Waals surface area contributed by atoms with Crippen molar-refractivity contribution in [1.29, 1.82) is 0 Å². The van der Waals surface area contributed by atoms with Crippen LogP contribution in [0.4, 0.5) is 11.9 Å². The van der Waals surface area contributed by atoms with Gasteiger partial charge in [0.1, 0.15) is 0 Å². The minimum absolute atomic E-state index is 0.187. The van der Waals surface area contributed by atoms with Crippen LogP contribution in [0.3, 0.4) is 0 Å². The van der Waals surface area contributed by atoms with Crippen molar-refractivity contribution >= 4 is 23.5 Å². The van der Waals surface area contributed by atoms with Crippen LogP contribution in [0.15, 0.2) is 0 Å². The first kappa shape index (κ1) is 15.3. The molecule has 112 valence electrons. The lowest BCUT2D eigenvalue weighted by Crippen LogP contribution is -2.21. The molecule has 1 saturated carbocycles. The summed E-state index contributed by atoms with van der Waals surface area (Å²) in [5.41, 5.74) is 0. The Morgan fingerprint density at radius 2 is 1.80 bits per heavy atom. The molecule has 0 atom stereocenters. The summed E-state index contributed by atoms with van der Waals surface area (Å²) in [5, 5.41) is 6.31. The molecule has 2 rings (SSSR count). The molecule has 6 nitrogen and oxygen atoms in total. The van der Waals surface area contributed by atoms with Gasteiger partial charge in [0.05, 0.1) is 12.7 Å². The Morgan fingerprint density at radius 3 is 2.50 bits per heavy atom. The fraction of sp³-hybridized carbons (Fsp3) is 0.769. The maximum Gasteiger partial charge on any atom is 0.228 e. The van der Waals surface area contributed by atoms with E-state index in [0.29, 0.717) is 31.2 Å². The van der Waals surface area contributed by atoms with Gasteiger partial charge in [0, 0.05) is 13.1 Å². The maximum atomic E-state index is 5.85. The quantitative estimate of drug-likeness (QED) is 0.754. The van der Waals surface area contributed by atoms with Gasteiger partial charge in [-0.25, -0.2) is 0 Å². The van der Waals surface area contributed by atoms with Crippen LogP contribution < -0.4 is 10.6 Å². The highest BCUT2D eigenvalue weighted by atomic mass is 35.5. The van der Waals surface area contributed by atoms with Gasteiger partial charge in [-0.1, -0.05) is 19.3 Å². The van der Waals surface area contributed by atoms with E-state index in [1.54, 1.807) is 0 Å². The number of nitrogens with zero attached hydrogens (tertiary/aromatic N) is 3. The van der Waals surface area contributed by atoms with Crippen molar-refractivity contribution in [2.24, 2.45) is 0 Å². The van der Waals surface area contributed by atoms with E-state index in [2.05, 4.69) is 25.6 Å². The molecule has 0 aliphatic heterocycles. The molecular formula is C13H22ClN5O. The Bertz CT molecular complexity index is 412. The first-order chi connectivity index (χ1) is 9.78. The molecule has 0 radical (unpaired) electrons. The maximum absolute atomic E-state index is 5.85. The fourth-order valence-electron chi connectivity index (χ4n) is 2.29. The number of halogens is 1. The molecular weight excluding hydrogens is 278 g/mol. The molecule has 1 aliphatic rings. The first-order valence-electron chi connectivity index (χ1n) is 7.29. The molecule has 1 fully saturated rings. The van der Waals surface area contributed by atoms with Crippen LogP contribution in [-0.4, -0.2) is 40.8 Å². The van der Waals surface area contributed by atoms with Crippen LogP contribution in [0, 0.1) is 0 Å². The molecule has 0 aromatic carbocycles. The number of anilines is 2. The van der Waals surface area contributed by atoms with Gasteiger partial charge >= 0.3 is 0 Å². The van der Waals surface area contributed by atoms with Crippen molar-refractivity contribution in [3.8, 4) is 0 Å². The zero-order valence-corrected chi connectivity index (χ0v) is 12.6. The summed E-state index contributed by atoms with van der Waals surface area (Å²) < 4.78 is 5.83. The van der Waals surface area contributed by atoms with Crippen molar-refractivity contribution in [3.63, 3.8) is 0 Å². The highest BCUT2D eigenvalue weighted by Crippen LogP contribution is 2.20. The van der Waals surface area contributed by atoms with Gasteiger partial charge < -0.3 is 15.4 Å². The topological polar surface area (TPSA) is 72.0 Å². The van der Waals surface area contributed by atoms with Gasteiger partial charge in [-0.05, 0) is 31.4 Å². The zero-order chi connectivity index (χ0) is 14.2. The van der Waals surface area contributed by atoms with Crippen LogP contribution in [0.25, 0.3) is 0 Å². The Balaban J connectivity index is 1.72. The SMILES string of the molecule is CCNc1nc(Cl)nc(NCCOC2CCCCC2)n1. The van der Waals surface area contributed by atoms with Gasteiger partial charge in [-0.2, -0.15) is 15.0 Å². The molecule has 0 amide bonds. The third-order valence-electron chi connectivity index (χ3n) is 3.23. The van der Waals surface area contributed by atoms with Gasteiger partial charge in [-0.3, -0.25) is 0 Å². The normalized spacial score (nSPS) is 16.1. The largest absolute Gasteiger partial charge is 0.376 e. The average Bonchev–Trinajstić information content (AvgIpc) is 2.45. The second-order valence-corrected chi connectivity index (χ2v) is 5.18. The third-order valence-corrected chi connectivity index (χ3v) is 3.40. The molecule has 7 heteroatoms. The van der Waals surface area contributed by atoms with E-state index in [4.69, 9.17) is 16.3 Å². The molecule has 0 bridgehead atoms. The number of ether oxygens (including phenoxy) is 1. The molecule has 0 unspecified atom stereocenters. The summed E-state index contributed by atoms with van der Waals surface area (Å²) in [5.74, 6) is 0.969. The fourth-order valence-corrected chi connectivity index (χ4v) is 2.45. The van der Waals surface area contributed by atoms with Crippen molar-refractivity contribution < 1.29 is 4.74 Å². The summed E-state index contributed by atoms with van der Waals surface area (Å²) in [6.07, 6.45) is 6.70. The van der Waals surface area contributed by atoms with Gasteiger partial charge in [0.2, 0.25) is 17.2 Å². The van der Waals surface area contributed by atoms with E-state index in [1.807, 2.05) is 6.92 Å². The minimum Gasteiger partial charge on any atom is -0.376 e. The molecule has 20 heavy (non-hydrogen) atoms. The average molecular weight is 300 g/mol. The number of hydrogen-bond acceptors (Lipinski definition) is 6. The molecule has 1 heterocycles. The lowest BCUT2D eigenvalue weighted by Gasteiger charge is -2.21. The molecule has 1 aromatic heterocycles. The van der Waals surface area contributed by atoms with Crippen LogP contribution in [0.1, 0.15) is 39.0 Å². The lowest BCUT2D eigenvalue weighted by atomic mass is 9.98. The van der Waals surface area contributed by atoms with E-state index in [0.717, 1.165) is 6.54 Å². The third kappa shape index (κ3) is 5.09. The monoisotopic (exact) mass is 299 g/mol. The minimum atomic E-state index is 0.187. The van der Waals surface area contributed by atoms with Crippen LogP contribution >= 0.6 is 11.6 Å². The zero-order valence-electron chi connectivity index (χ0n) is 11.9. The first-order valence-corrected chi connectivity index (χ1v) is 7.66. The number of nitrogens with one attached hydrogen (secondary N) is 2. The predicted octanol–water partition coefficient (Wildman–Crippen LogP) is 2.72. The van der Waals surface area contributed by atoms with Gasteiger partial charge in [0.15, 0.2) is 0 Å². The Hall–Kier alpha value is -1.14. The van der Waals surface area contributed by atoms with Crippen LogP contribution in [0.2, 0.25) is 5.28 Å². The highest BCUT2D eigenvalue weighted by molar-refractivity contribution is 6.28. The molecule has 1 aliphatic carbocycles. The van der Waals surface area contributed by atoms with Crippen molar-refractivity contribution in [2.75, 3.05) is 30.3 Å². The van der Waals surface area contributed by atoms with Crippen LogP contribution in [0.5, 0.6) is 0 Å². The second-order valence-electron chi connectivity index (χ2n) is 4.84. The molecule has 0 saturated heterocycles. The lowest BCUT2D eigenvalue weighted by molar-refractivity contribution is 0.0347. The standard InChI is InChI=1S/C13H22ClN5O/c1-2-15-12-17-11(14)18-13(19-12)16-8-9-20-10-6-4-3-5-7-10/h10H,2-9H2,1H3,(H2,15,16,17,18,19). The second kappa shape index (κ2) is 8.21. The van der Waals surface area contributed by atoms with E-state index in [1.165, 1.54) is 32.1 Å². The summed E-state index contributed by atoms with van der Waals surface area (Å²) >= 11 is 5.85. The van der Waals surface area contributed by atoms with E-state index < -0.39 is 0 Å². The number of rotatable bonds is 7. The highest BCUT2D eigenvalue weighted by Gasteiger charge is 2.13. The van der Waals surface area contributed by atoms with Crippen LogP contribution in [-0.2, 0) is 4.74 Å². The van der Waals surface area contributed by atoms with E-state index in [9.17, 15) is 0 Å². The van der Waals surface area contributed by atoms with Crippen molar-refractivity contribution in [2.45, 2.75) is 45.1 Å². The van der Waals surface area contributed by atoms with E-state index in [-0.39, 0.29) is 5.28 Å². The molecule has 0 spiro atoms. The Labute approximate surface area is 124 Å². The summed E-state index contributed by atoms with van der Waals surface area (Å²) in [6.45, 7) is 4.04. The summed E-state index contributed by atoms with van der Waals surface area (Å²) in [6, 6.07) is 0. The smallest absolute Gasteiger partial charge is 0.228 e. The van der Waals surface area contributed by atoms with E-state index >= 15 is 0 Å². The van der Waals surface area contributed by atoms with Gasteiger partial charge in [0.25, 0.3) is 0 Å². The Kier molecular flexibility index (Phi) is 6.26. The summed E-state index contributed by atoms with van der Waals surface area (Å²) in [7, 11) is 0. The predicted molar refractivity (Wildman–Crippen MR) is 80.3 cm³/mol. The molecule has 2 N–H and O–H groups in total.